The van der Waals surface area contributed by atoms with Crippen LogP contribution in [-0.2, 0) is 0 Å². The van der Waals surface area contributed by atoms with Crippen LogP contribution in [0.1, 0.15) is 18.4 Å². The smallest absolute Gasteiger partial charge is 0.144 e. The van der Waals surface area contributed by atoms with Gasteiger partial charge in [0.15, 0.2) is 0 Å². The molecule has 1 aromatic rings. The van der Waals surface area contributed by atoms with Crippen molar-refractivity contribution < 1.29 is 9.13 Å². The van der Waals surface area contributed by atoms with Crippen molar-refractivity contribution in [2.45, 2.75) is 12.8 Å². The number of nitrogens with zero attached hydrogens (tertiary/aromatic N) is 1. The minimum absolute atomic E-state index is 0.0194. The van der Waals surface area contributed by atoms with Crippen LogP contribution in [0.15, 0.2) is 18.2 Å². The SMILES string of the molecule is C#CCCCOc1ccc(C#N)c(F)c1. The third-order valence-electron chi connectivity index (χ3n) is 1.80. The molecule has 15 heavy (non-hydrogen) atoms. The Morgan fingerprint density at radius 1 is 1.47 bits per heavy atom. The van der Waals surface area contributed by atoms with Gasteiger partial charge >= 0.3 is 0 Å². The lowest BCUT2D eigenvalue weighted by Gasteiger charge is -2.04. The highest BCUT2D eigenvalue weighted by atomic mass is 19.1. The van der Waals surface area contributed by atoms with Crippen LogP contribution in [0.5, 0.6) is 5.75 Å². The molecule has 0 N–H and O–H groups in total. The lowest BCUT2D eigenvalue weighted by Crippen LogP contribution is -1.97. The van der Waals surface area contributed by atoms with Crippen LogP contribution < -0.4 is 4.74 Å². The molecule has 0 spiro atoms. The predicted octanol–water partition coefficient (Wildman–Crippen LogP) is 2.49. The first-order valence-corrected chi connectivity index (χ1v) is 4.54. The molecule has 0 radical (unpaired) electrons. The van der Waals surface area contributed by atoms with Gasteiger partial charge in [-0.1, -0.05) is 0 Å². The van der Waals surface area contributed by atoms with Crippen molar-refractivity contribution in [3.05, 3.63) is 29.6 Å². The molecule has 3 heteroatoms. The molecule has 1 aromatic carbocycles. The Bertz CT molecular complexity index is 415. The topological polar surface area (TPSA) is 33.0 Å². The average molecular weight is 203 g/mol. The summed E-state index contributed by atoms with van der Waals surface area (Å²) in [5.41, 5.74) is 0.0194. The van der Waals surface area contributed by atoms with Crippen LogP contribution in [-0.4, -0.2) is 6.61 Å². The Balaban J connectivity index is 2.54. The fourth-order valence-corrected chi connectivity index (χ4v) is 1.04. The average Bonchev–Trinajstić information content (AvgIpc) is 2.25. The highest BCUT2D eigenvalue weighted by Gasteiger charge is 2.02. The summed E-state index contributed by atoms with van der Waals surface area (Å²) in [4.78, 5) is 0. The number of ether oxygens (including phenoxy) is 1. The molecular formula is C12H10FNO. The second-order valence-electron chi connectivity index (χ2n) is 2.91. The summed E-state index contributed by atoms with van der Waals surface area (Å²) in [6.45, 7) is 0.454. The first-order chi connectivity index (χ1) is 7.27. The standard InChI is InChI=1S/C12H10FNO/c1-2-3-4-7-15-11-6-5-10(9-14)12(13)8-11/h1,5-6,8H,3-4,7H2. The Morgan fingerprint density at radius 2 is 2.27 bits per heavy atom. The molecule has 0 aromatic heterocycles. The van der Waals surface area contributed by atoms with E-state index in [4.69, 9.17) is 16.4 Å². The Hall–Kier alpha value is -2.00. The molecule has 0 aliphatic carbocycles. The summed E-state index contributed by atoms with van der Waals surface area (Å²) in [6, 6.07) is 5.91. The van der Waals surface area contributed by atoms with Crippen LogP contribution in [0.25, 0.3) is 0 Å². The van der Waals surface area contributed by atoms with E-state index in [1.165, 1.54) is 12.1 Å². The Labute approximate surface area is 88.3 Å². The fourth-order valence-electron chi connectivity index (χ4n) is 1.04. The lowest BCUT2D eigenvalue weighted by atomic mass is 10.2. The summed E-state index contributed by atoms with van der Waals surface area (Å²) in [7, 11) is 0. The molecule has 1 rings (SSSR count). The number of unbranched alkanes of at least 4 members (excludes halogenated alkanes) is 1. The molecule has 0 atom stereocenters. The van der Waals surface area contributed by atoms with Gasteiger partial charge in [0.05, 0.1) is 12.2 Å². The number of rotatable bonds is 4. The van der Waals surface area contributed by atoms with Crippen LogP contribution >= 0.6 is 0 Å². The van der Waals surface area contributed by atoms with Crippen molar-refractivity contribution in [3.8, 4) is 24.2 Å². The molecule has 0 saturated heterocycles. The van der Waals surface area contributed by atoms with Gasteiger partial charge in [-0.05, 0) is 18.6 Å². The second kappa shape index (κ2) is 5.67. The normalized spacial score (nSPS) is 9.00. The molecule has 0 saturated carbocycles. The zero-order valence-corrected chi connectivity index (χ0v) is 8.16. The summed E-state index contributed by atoms with van der Waals surface area (Å²) in [6.07, 6.45) is 6.44. The number of hydrogen-bond donors (Lipinski definition) is 0. The Kier molecular flexibility index (Phi) is 4.19. The van der Waals surface area contributed by atoms with Crippen molar-refractivity contribution in [1.82, 2.24) is 0 Å². The minimum Gasteiger partial charge on any atom is -0.493 e. The van der Waals surface area contributed by atoms with E-state index in [-0.39, 0.29) is 5.56 Å². The molecule has 0 fully saturated rings. The second-order valence-corrected chi connectivity index (χ2v) is 2.91. The first-order valence-electron chi connectivity index (χ1n) is 4.54. The van der Waals surface area contributed by atoms with Crippen molar-refractivity contribution in [2.24, 2.45) is 0 Å². The molecular weight excluding hydrogens is 193 g/mol. The van der Waals surface area contributed by atoms with Crippen LogP contribution in [0.3, 0.4) is 0 Å². The van der Waals surface area contributed by atoms with Crippen molar-refractivity contribution in [1.29, 1.82) is 5.26 Å². The largest absolute Gasteiger partial charge is 0.493 e. The number of nitriles is 1. The first kappa shape index (κ1) is 11.1. The van der Waals surface area contributed by atoms with Crippen LogP contribution in [0.4, 0.5) is 4.39 Å². The summed E-state index contributed by atoms with van der Waals surface area (Å²) < 4.78 is 18.3. The summed E-state index contributed by atoms with van der Waals surface area (Å²) in [5.74, 6) is 2.34. The van der Waals surface area contributed by atoms with Crippen LogP contribution in [0.2, 0.25) is 0 Å². The molecule has 2 nitrogen and oxygen atoms in total. The molecule has 0 aliphatic heterocycles. The highest BCUT2D eigenvalue weighted by Crippen LogP contribution is 2.16. The number of benzene rings is 1. The van der Waals surface area contributed by atoms with Crippen LogP contribution in [0, 0.1) is 29.5 Å². The van der Waals surface area contributed by atoms with Crippen molar-refractivity contribution in [3.63, 3.8) is 0 Å². The quantitative estimate of drug-likeness (QED) is 0.556. The number of terminal acetylenes is 1. The van der Waals surface area contributed by atoms with Gasteiger partial charge in [-0.2, -0.15) is 5.26 Å². The van der Waals surface area contributed by atoms with Gasteiger partial charge in [-0.25, -0.2) is 4.39 Å². The fraction of sp³-hybridized carbons (Fsp3) is 0.250. The maximum Gasteiger partial charge on any atom is 0.144 e. The van der Waals surface area contributed by atoms with Gasteiger partial charge < -0.3 is 4.74 Å². The van der Waals surface area contributed by atoms with Gasteiger partial charge in [0.1, 0.15) is 17.6 Å². The van der Waals surface area contributed by atoms with E-state index in [2.05, 4.69) is 5.92 Å². The van der Waals surface area contributed by atoms with E-state index in [9.17, 15) is 4.39 Å². The molecule has 0 unspecified atom stereocenters. The van der Waals surface area contributed by atoms with Crippen molar-refractivity contribution in [2.75, 3.05) is 6.61 Å². The summed E-state index contributed by atoms with van der Waals surface area (Å²) in [5, 5.41) is 8.50. The third-order valence-corrected chi connectivity index (χ3v) is 1.80. The molecule has 76 valence electrons. The zero-order valence-electron chi connectivity index (χ0n) is 8.16. The highest BCUT2D eigenvalue weighted by molar-refractivity contribution is 5.36. The van der Waals surface area contributed by atoms with E-state index in [1.54, 1.807) is 12.1 Å². The van der Waals surface area contributed by atoms with E-state index in [0.29, 0.717) is 18.8 Å². The van der Waals surface area contributed by atoms with Crippen molar-refractivity contribution >= 4 is 0 Å². The third kappa shape index (κ3) is 3.32. The maximum atomic E-state index is 13.1. The molecule has 0 aliphatic rings. The predicted molar refractivity (Wildman–Crippen MR) is 54.7 cm³/mol. The molecule has 0 amide bonds. The minimum atomic E-state index is -0.563. The van der Waals surface area contributed by atoms with E-state index in [0.717, 1.165) is 6.42 Å². The van der Waals surface area contributed by atoms with Gasteiger partial charge in [-0.3, -0.25) is 0 Å². The molecule has 0 bridgehead atoms. The van der Waals surface area contributed by atoms with E-state index in [1.807, 2.05) is 0 Å². The van der Waals surface area contributed by atoms with Gasteiger partial charge in [0.2, 0.25) is 0 Å². The number of hydrogen-bond acceptors (Lipinski definition) is 2. The van der Waals surface area contributed by atoms with E-state index >= 15 is 0 Å². The zero-order chi connectivity index (χ0) is 11.1. The van der Waals surface area contributed by atoms with Gasteiger partial charge in [-0.15, -0.1) is 12.3 Å². The van der Waals surface area contributed by atoms with Gasteiger partial charge in [0.25, 0.3) is 0 Å². The number of halogens is 1. The maximum absolute atomic E-state index is 13.1. The summed E-state index contributed by atoms with van der Waals surface area (Å²) >= 11 is 0. The molecule has 0 heterocycles. The Morgan fingerprint density at radius 3 is 2.87 bits per heavy atom. The lowest BCUT2D eigenvalue weighted by molar-refractivity contribution is 0.311. The van der Waals surface area contributed by atoms with Gasteiger partial charge in [0, 0.05) is 12.5 Å². The van der Waals surface area contributed by atoms with E-state index < -0.39 is 5.82 Å². The monoisotopic (exact) mass is 203 g/mol.